The summed E-state index contributed by atoms with van der Waals surface area (Å²) in [6, 6.07) is 5.42. The zero-order chi connectivity index (χ0) is 12.1. The van der Waals surface area contributed by atoms with Crippen molar-refractivity contribution in [1.29, 1.82) is 0 Å². The second-order valence-electron chi connectivity index (χ2n) is 3.27. The van der Waals surface area contributed by atoms with Crippen LogP contribution in [0.5, 0.6) is 5.75 Å². The maximum Gasteiger partial charge on any atom is 0.250 e. The van der Waals surface area contributed by atoms with Gasteiger partial charge < -0.3 is 10.1 Å². The van der Waals surface area contributed by atoms with Crippen molar-refractivity contribution in [3.63, 3.8) is 0 Å². The number of anilines is 1. The number of hydrogen-bond donors (Lipinski definition) is 1. The summed E-state index contributed by atoms with van der Waals surface area (Å²) < 4.78 is 5.92. The summed E-state index contributed by atoms with van der Waals surface area (Å²) in [5.74, 6) is 0.591. The Morgan fingerprint density at radius 2 is 2.19 bits per heavy atom. The third kappa shape index (κ3) is 3.10. The lowest BCUT2D eigenvalue weighted by Crippen LogP contribution is -2.12. The summed E-state index contributed by atoms with van der Waals surface area (Å²) in [4.78, 5) is 11.7. The number of rotatable bonds is 3. The van der Waals surface area contributed by atoms with E-state index in [2.05, 4.69) is 21.2 Å². The normalized spacial score (nSPS) is 11.1. The Balaban J connectivity index is 2.92. The number of nitrogens with one attached hydrogen (secondary N) is 1. The Kier molecular flexibility index (Phi) is 4.55. The standard InChI is InChI=1S/C12H14BrNO2/c1-4-8(2)12(15)14-11-7-9(16-3)5-6-10(11)13/h4-7H,1-3H3,(H,14,15)/b8-4+. The van der Waals surface area contributed by atoms with Crippen molar-refractivity contribution in [3.05, 3.63) is 34.3 Å². The van der Waals surface area contributed by atoms with Gasteiger partial charge in [-0.1, -0.05) is 6.08 Å². The minimum Gasteiger partial charge on any atom is -0.497 e. The molecular weight excluding hydrogens is 270 g/mol. The van der Waals surface area contributed by atoms with Gasteiger partial charge in [-0.2, -0.15) is 0 Å². The first kappa shape index (κ1) is 12.8. The molecule has 1 aromatic rings. The van der Waals surface area contributed by atoms with E-state index >= 15 is 0 Å². The molecular formula is C12H14BrNO2. The minimum absolute atomic E-state index is 0.114. The molecule has 1 amide bonds. The molecule has 3 nitrogen and oxygen atoms in total. The van der Waals surface area contributed by atoms with Gasteiger partial charge in [0.15, 0.2) is 0 Å². The predicted molar refractivity (Wildman–Crippen MR) is 68.8 cm³/mol. The molecule has 0 unspecified atom stereocenters. The number of ether oxygens (including phenoxy) is 1. The molecule has 0 radical (unpaired) electrons. The smallest absolute Gasteiger partial charge is 0.250 e. The third-order valence-electron chi connectivity index (χ3n) is 2.21. The van der Waals surface area contributed by atoms with E-state index in [0.717, 1.165) is 4.47 Å². The highest BCUT2D eigenvalue weighted by atomic mass is 79.9. The molecule has 0 atom stereocenters. The van der Waals surface area contributed by atoms with Crippen LogP contribution in [0, 0.1) is 0 Å². The van der Waals surface area contributed by atoms with Crippen LogP contribution in [0.3, 0.4) is 0 Å². The lowest BCUT2D eigenvalue weighted by atomic mass is 10.2. The van der Waals surface area contributed by atoms with Crippen molar-refractivity contribution in [2.75, 3.05) is 12.4 Å². The second-order valence-corrected chi connectivity index (χ2v) is 4.13. The summed E-state index contributed by atoms with van der Waals surface area (Å²) in [5, 5.41) is 2.80. The molecule has 0 saturated heterocycles. The van der Waals surface area contributed by atoms with E-state index in [-0.39, 0.29) is 5.91 Å². The van der Waals surface area contributed by atoms with E-state index in [9.17, 15) is 4.79 Å². The Bertz CT molecular complexity index is 427. The number of halogens is 1. The Hall–Kier alpha value is -1.29. The molecule has 86 valence electrons. The molecule has 0 saturated carbocycles. The van der Waals surface area contributed by atoms with Crippen molar-refractivity contribution < 1.29 is 9.53 Å². The van der Waals surface area contributed by atoms with Crippen LogP contribution in [-0.4, -0.2) is 13.0 Å². The average Bonchev–Trinajstić information content (AvgIpc) is 2.30. The summed E-state index contributed by atoms with van der Waals surface area (Å²) in [6.45, 7) is 3.60. The molecule has 0 aromatic heterocycles. The van der Waals surface area contributed by atoms with Crippen molar-refractivity contribution in [1.82, 2.24) is 0 Å². The molecule has 0 fully saturated rings. The first-order chi connectivity index (χ1) is 7.58. The fraction of sp³-hybridized carbons (Fsp3) is 0.250. The topological polar surface area (TPSA) is 38.3 Å². The van der Waals surface area contributed by atoms with E-state index in [1.54, 1.807) is 26.2 Å². The molecule has 1 rings (SSSR count). The van der Waals surface area contributed by atoms with Crippen LogP contribution < -0.4 is 10.1 Å². The van der Waals surface area contributed by atoms with Gasteiger partial charge in [-0.25, -0.2) is 0 Å². The van der Waals surface area contributed by atoms with E-state index in [0.29, 0.717) is 17.0 Å². The van der Waals surface area contributed by atoms with Gasteiger partial charge in [0.1, 0.15) is 5.75 Å². The number of hydrogen-bond acceptors (Lipinski definition) is 2. The van der Waals surface area contributed by atoms with E-state index < -0.39 is 0 Å². The molecule has 0 spiro atoms. The first-order valence-electron chi connectivity index (χ1n) is 4.86. The molecule has 1 aromatic carbocycles. The SMILES string of the molecule is C/C=C(\C)C(=O)Nc1cc(OC)ccc1Br. The highest BCUT2D eigenvalue weighted by molar-refractivity contribution is 9.10. The molecule has 0 bridgehead atoms. The van der Waals surface area contributed by atoms with Crippen molar-refractivity contribution in [3.8, 4) is 5.75 Å². The molecule has 0 aliphatic rings. The van der Waals surface area contributed by atoms with Crippen LogP contribution >= 0.6 is 15.9 Å². The summed E-state index contributed by atoms with van der Waals surface area (Å²) in [6.07, 6.45) is 1.77. The number of allylic oxidation sites excluding steroid dienone is 1. The van der Waals surface area contributed by atoms with Gasteiger partial charge in [0, 0.05) is 16.1 Å². The van der Waals surface area contributed by atoms with E-state index in [4.69, 9.17) is 4.74 Å². The zero-order valence-electron chi connectivity index (χ0n) is 9.50. The van der Waals surface area contributed by atoms with Crippen molar-refractivity contribution in [2.45, 2.75) is 13.8 Å². The highest BCUT2D eigenvalue weighted by Gasteiger charge is 2.07. The van der Waals surface area contributed by atoms with Crippen LogP contribution in [-0.2, 0) is 4.79 Å². The maximum atomic E-state index is 11.7. The monoisotopic (exact) mass is 283 g/mol. The maximum absolute atomic E-state index is 11.7. The molecule has 1 N–H and O–H groups in total. The van der Waals surface area contributed by atoms with Gasteiger partial charge in [0.05, 0.1) is 12.8 Å². The van der Waals surface area contributed by atoms with Crippen LogP contribution in [0.15, 0.2) is 34.3 Å². The highest BCUT2D eigenvalue weighted by Crippen LogP contribution is 2.27. The van der Waals surface area contributed by atoms with Gasteiger partial charge >= 0.3 is 0 Å². The Labute approximate surface area is 104 Å². The fourth-order valence-corrected chi connectivity index (χ4v) is 1.42. The van der Waals surface area contributed by atoms with Crippen molar-refractivity contribution >= 4 is 27.5 Å². The van der Waals surface area contributed by atoms with Crippen LogP contribution in [0.4, 0.5) is 5.69 Å². The third-order valence-corrected chi connectivity index (χ3v) is 2.90. The fourth-order valence-electron chi connectivity index (χ4n) is 1.08. The summed E-state index contributed by atoms with van der Waals surface area (Å²) in [5.41, 5.74) is 1.38. The van der Waals surface area contributed by atoms with Crippen LogP contribution in [0.2, 0.25) is 0 Å². The quantitative estimate of drug-likeness (QED) is 0.864. The largest absolute Gasteiger partial charge is 0.497 e. The number of amides is 1. The van der Waals surface area contributed by atoms with Gasteiger partial charge in [0.2, 0.25) is 0 Å². The van der Waals surface area contributed by atoms with E-state index in [1.165, 1.54) is 0 Å². The zero-order valence-corrected chi connectivity index (χ0v) is 11.1. The molecule has 4 heteroatoms. The number of carbonyl (C=O) groups excluding carboxylic acids is 1. The Morgan fingerprint density at radius 3 is 2.75 bits per heavy atom. The van der Waals surface area contributed by atoms with Gasteiger partial charge in [-0.3, -0.25) is 4.79 Å². The van der Waals surface area contributed by atoms with E-state index in [1.807, 2.05) is 19.1 Å². The summed E-state index contributed by atoms with van der Waals surface area (Å²) in [7, 11) is 1.59. The second kappa shape index (κ2) is 5.70. The predicted octanol–water partition coefficient (Wildman–Crippen LogP) is 3.36. The molecule has 0 heterocycles. The number of methoxy groups -OCH3 is 1. The molecule has 0 aliphatic heterocycles. The van der Waals surface area contributed by atoms with Crippen LogP contribution in [0.1, 0.15) is 13.8 Å². The lowest BCUT2D eigenvalue weighted by molar-refractivity contribution is -0.112. The van der Waals surface area contributed by atoms with Crippen molar-refractivity contribution in [2.24, 2.45) is 0 Å². The summed E-state index contributed by atoms with van der Waals surface area (Å²) >= 11 is 3.37. The van der Waals surface area contributed by atoms with Crippen LogP contribution in [0.25, 0.3) is 0 Å². The molecule has 16 heavy (non-hydrogen) atoms. The van der Waals surface area contributed by atoms with Gasteiger partial charge in [-0.05, 0) is 41.9 Å². The van der Waals surface area contributed by atoms with Gasteiger partial charge in [-0.15, -0.1) is 0 Å². The average molecular weight is 284 g/mol. The Morgan fingerprint density at radius 1 is 1.50 bits per heavy atom. The molecule has 0 aliphatic carbocycles. The number of benzene rings is 1. The first-order valence-corrected chi connectivity index (χ1v) is 5.65. The minimum atomic E-state index is -0.114. The number of carbonyl (C=O) groups is 1. The van der Waals surface area contributed by atoms with Gasteiger partial charge in [0.25, 0.3) is 5.91 Å². The lowest BCUT2D eigenvalue weighted by Gasteiger charge is -2.09.